The molecule has 0 aliphatic carbocycles. The van der Waals surface area contributed by atoms with E-state index in [1.54, 1.807) is 13.2 Å². The summed E-state index contributed by atoms with van der Waals surface area (Å²) in [4.78, 5) is 1.97. The number of ether oxygens (including phenoxy) is 1. The van der Waals surface area contributed by atoms with Crippen LogP contribution in [-0.2, 0) is 4.74 Å². The van der Waals surface area contributed by atoms with Crippen molar-refractivity contribution < 1.29 is 9.94 Å². The maximum Gasteiger partial charge on any atom is 0.173 e. The number of benzene rings is 1. The van der Waals surface area contributed by atoms with Gasteiger partial charge in [-0.3, -0.25) is 0 Å². The van der Waals surface area contributed by atoms with Gasteiger partial charge in [-0.2, -0.15) is 0 Å². The molecule has 18 heavy (non-hydrogen) atoms. The maximum absolute atomic E-state index is 8.82. The molecule has 1 unspecified atom stereocenters. The highest BCUT2D eigenvalue weighted by Crippen LogP contribution is 2.27. The summed E-state index contributed by atoms with van der Waals surface area (Å²) in [5, 5.41) is 12.3. The molecule has 0 aliphatic rings. The highest BCUT2D eigenvalue weighted by molar-refractivity contribution is 6.34. The van der Waals surface area contributed by atoms with E-state index in [-0.39, 0.29) is 11.9 Å². The van der Waals surface area contributed by atoms with E-state index in [4.69, 9.17) is 27.3 Å². The number of nitrogens with two attached hydrogens (primary N) is 1. The monoisotopic (exact) mass is 271 g/mol. The Hall–Kier alpha value is -1.46. The van der Waals surface area contributed by atoms with Crippen molar-refractivity contribution >= 4 is 23.1 Å². The summed E-state index contributed by atoms with van der Waals surface area (Å²) in [6.45, 7) is 2.58. The molecular formula is C12H18ClN3O2. The van der Waals surface area contributed by atoms with Crippen LogP contribution in [0.15, 0.2) is 23.4 Å². The average Bonchev–Trinajstić information content (AvgIpc) is 2.37. The van der Waals surface area contributed by atoms with Crippen LogP contribution in [0.25, 0.3) is 0 Å². The lowest BCUT2D eigenvalue weighted by Gasteiger charge is -2.28. The van der Waals surface area contributed by atoms with Gasteiger partial charge in [-0.25, -0.2) is 0 Å². The largest absolute Gasteiger partial charge is 0.409 e. The van der Waals surface area contributed by atoms with Crippen LogP contribution in [0, 0.1) is 0 Å². The van der Waals surface area contributed by atoms with E-state index in [9.17, 15) is 0 Å². The van der Waals surface area contributed by atoms with Crippen LogP contribution in [-0.4, -0.2) is 37.8 Å². The number of likely N-dealkylation sites (N-methyl/N-ethyl adjacent to an activating group) is 1. The predicted octanol–water partition coefficient (Wildman–Crippen LogP) is 1.91. The molecule has 0 bridgehead atoms. The number of amidine groups is 1. The van der Waals surface area contributed by atoms with Gasteiger partial charge < -0.3 is 20.6 Å². The Morgan fingerprint density at radius 2 is 2.28 bits per heavy atom. The quantitative estimate of drug-likeness (QED) is 0.371. The molecule has 0 fully saturated rings. The molecule has 0 saturated carbocycles. The van der Waals surface area contributed by atoms with Gasteiger partial charge in [0.25, 0.3) is 0 Å². The number of hydrogen-bond donors (Lipinski definition) is 2. The van der Waals surface area contributed by atoms with Crippen LogP contribution in [0.5, 0.6) is 0 Å². The van der Waals surface area contributed by atoms with E-state index >= 15 is 0 Å². The van der Waals surface area contributed by atoms with E-state index in [0.717, 1.165) is 5.69 Å². The molecule has 1 aromatic carbocycles. The molecule has 0 amide bonds. The van der Waals surface area contributed by atoms with Gasteiger partial charge in [0.2, 0.25) is 0 Å². The average molecular weight is 272 g/mol. The van der Waals surface area contributed by atoms with E-state index in [0.29, 0.717) is 17.2 Å². The lowest BCUT2D eigenvalue weighted by atomic mass is 10.1. The van der Waals surface area contributed by atoms with Crippen molar-refractivity contribution in [2.75, 3.05) is 25.7 Å². The number of halogens is 1. The molecule has 0 aromatic heterocycles. The number of anilines is 1. The second kappa shape index (κ2) is 6.47. The Morgan fingerprint density at radius 1 is 1.61 bits per heavy atom. The molecular weight excluding hydrogens is 254 g/mol. The van der Waals surface area contributed by atoms with Crippen molar-refractivity contribution in [3.8, 4) is 0 Å². The van der Waals surface area contributed by atoms with Crippen LogP contribution in [0.2, 0.25) is 5.02 Å². The summed E-state index contributed by atoms with van der Waals surface area (Å²) in [6.07, 6.45) is 0. The van der Waals surface area contributed by atoms with Gasteiger partial charge in [0, 0.05) is 25.9 Å². The number of nitrogens with zero attached hydrogens (tertiary/aromatic N) is 2. The van der Waals surface area contributed by atoms with Crippen LogP contribution in [0.1, 0.15) is 12.5 Å². The fraction of sp³-hybridized carbons (Fsp3) is 0.417. The van der Waals surface area contributed by atoms with Gasteiger partial charge in [0.1, 0.15) is 0 Å². The molecule has 6 heteroatoms. The summed E-state index contributed by atoms with van der Waals surface area (Å²) in [5.41, 5.74) is 6.98. The minimum atomic E-state index is -0.00735. The first-order chi connectivity index (χ1) is 8.52. The highest BCUT2D eigenvalue weighted by Gasteiger charge is 2.18. The third-order valence-corrected chi connectivity index (χ3v) is 3.12. The van der Waals surface area contributed by atoms with Gasteiger partial charge >= 0.3 is 0 Å². The Morgan fingerprint density at radius 3 is 2.83 bits per heavy atom. The number of methoxy groups -OCH3 is 1. The Kier molecular flexibility index (Phi) is 5.25. The second-order valence-corrected chi connectivity index (χ2v) is 4.44. The van der Waals surface area contributed by atoms with Crippen molar-refractivity contribution in [1.29, 1.82) is 0 Å². The zero-order valence-corrected chi connectivity index (χ0v) is 11.5. The molecule has 1 rings (SSSR count). The topological polar surface area (TPSA) is 71.1 Å². The molecule has 3 N–H and O–H groups in total. The predicted molar refractivity (Wildman–Crippen MR) is 73.7 cm³/mol. The van der Waals surface area contributed by atoms with Crippen LogP contribution >= 0.6 is 11.6 Å². The van der Waals surface area contributed by atoms with Crippen molar-refractivity contribution in [2.45, 2.75) is 13.0 Å². The van der Waals surface area contributed by atoms with Gasteiger partial charge in [-0.1, -0.05) is 22.8 Å². The van der Waals surface area contributed by atoms with Gasteiger partial charge in [-0.15, -0.1) is 0 Å². The Bertz CT molecular complexity index is 437. The first-order valence-electron chi connectivity index (χ1n) is 5.51. The van der Waals surface area contributed by atoms with E-state index in [2.05, 4.69) is 5.16 Å². The number of oxime groups is 1. The zero-order valence-electron chi connectivity index (χ0n) is 10.7. The molecule has 100 valence electrons. The lowest BCUT2D eigenvalue weighted by Crippen LogP contribution is -2.34. The van der Waals surface area contributed by atoms with Crippen LogP contribution in [0.4, 0.5) is 5.69 Å². The molecule has 0 heterocycles. The third kappa shape index (κ3) is 3.05. The smallest absolute Gasteiger partial charge is 0.173 e. The van der Waals surface area contributed by atoms with Crippen molar-refractivity contribution in [1.82, 2.24) is 0 Å². The molecule has 1 atom stereocenters. The molecule has 0 aliphatic heterocycles. The van der Waals surface area contributed by atoms with Crippen LogP contribution in [0.3, 0.4) is 0 Å². The summed E-state index contributed by atoms with van der Waals surface area (Å²) < 4.78 is 5.12. The fourth-order valence-corrected chi connectivity index (χ4v) is 1.97. The Balaban J connectivity index is 3.20. The van der Waals surface area contributed by atoms with Crippen molar-refractivity contribution in [3.63, 3.8) is 0 Å². The second-order valence-electron chi connectivity index (χ2n) is 4.03. The van der Waals surface area contributed by atoms with Gasteiger partial charge in [0.05, 0.1) is 17.2 Å². The molecule has 0 spiro atoms. The van der Waals surface area contributed by atoms with Gasteiger partial charge in [-0.05, 0) is 19.1 Å². The molecule has 0 radical (unpaired) electrons. The number of rotatable bonds is 5. The first kappa shape index (κ1) is 14.6. The maximum atomic E-state index is 8.82. The van der Waals surface area contributed by atoms with E-state index in [1.807, 2.05) is 31.0 Å². The van der Waals surface area contributed by atoms with Crippen LogP contribution < -0.4 is 10.6 Å². The van der Waals surface area contributed by atoms with Crippen molar-refractivity contribution in [3.05, 3.63) is 28.8 Å². The highest BCUT2D eigenvalue weighted by atomic mass is 35.5. The summed E-state index contributed by atoms with van der Waals surface area (Å²) in [5.74, 6) is -0.00735. The third-order valence-electron chi connectivity index (χ3n) is 2.80. The zero-order chi connectivity index (χ0) is 13.7. The SMILES string of the molecule is COCC(C)N(C)c1cccc(Cl)c1C(N)=NO. The fourth-order valence-electron chi connectivity index (χ4n) is 1.70. The minimum Gasteiger partial charge on any atom is -0.409 e. The Labute approximate surface area is 112 Å². The minimum absolute atomic E-state index is 0.00735. The number of hydrogen-bond acceptors (Lipinski definition) is 4. The lowest BCUT2D eigenvalue weighted by molar-refractivity contribution is 0.183. The first-order valence-corrected chi connectivity index (χ1v) is 5.88. The molecule has 5 nitrogen and oxygen atoms in total. The summed E-state index contributed by atoms with van der Waals surface area (Å²) in [7, 11) is 3.55. The van der Waals surface area contributed by atoms with Gasteiger partial charge in [0.15, 0.2) is 5.84 Å². The van der Waals surface area contributed by atoms with E-state index in [1.165, 1.54) is 0 Å². The summed E-state index contributed by atoms with van der Waals surface area (Å²) in [6, 6.07) is 5.53. The normalized spacial score (nSPS) is 13.4. The molecule has 1 aromatic rings. The van der Waals surface area contributed by atoms with E-state index < -0.39 is 0 Å². The molecule has 0 saturated heterocycles. The standard InChI is InChI=1S/C12H18ClN3O2/c1-8(7-18-3)16(2)10-6-4-5-9(13)11(10)12(14)15-17/h4-6,8,17H,7H2,1-3H3,(H2,14,15). The summed E-state index contributed by atoms with van der Waals surface area (Å²) >= 11 is 6.10. The van der Waals surface area contributed by atoms with Crippen molar-refractivity contribution in [2.24, 2.45) is 10.9 Å².